The summed E-state index contributed by atoms with van der Waals surface area (Å²) in [7, 11) is -3.15. The van der Waals surface area contributed by atoms with Gasteiger partial charge in [-0.25, -0.2) is 18.2 Å². The van der Waals surface area contributed by atoms with Gasteiger partial charge in [-0.2, -0.15) is 4.31 Å². The van der Waals surface area contributed by atoms with Crippen molar-refractivity contribution in [3.8, 4) is 0 Å². The maximum atomic E-state index is 14.3. The van der Waals surface area contributed by atoms with Crippen molar-refractivity contribution in [3.63, 3.8) is 0 Å². The molecule has 2 atom stereocenters. The highest BCUT2D eigenvalue weighted by Gasteiger charge is 2.56. The number of rotatable bonds is 11. The van der Waals surface area contributed by atoms with Crippen LogP contribution < -0.4 is 20.0 Å². The molecule has 308 valence electrons. The highest BCUT2D eigenvalue weighted by atomic mass is 32.2. The molecule has 4 aromatic rings. The van der Waals surface area contributed by atoms with Gasteiger partial charge in [-0.1, -0.05) is 72.8 Å². The lowest BCUT2D eigenvalue weighted by Crippen LogP contribution is -2.63. The monoisotopic (exact) mass is 813 g/mol. The van der Waals surface area contributed by atoms with E-state index in [1.807, 2.05) is 71.8 Å². The van der Waals surface area contributed by atoms with Crippen LogP contribution >= 0.6 is 0 Å². The van der Waals surface area contributed by atoms with Gasteiger partial charge in [0.1, 0.15) is 5.82 Å². The van der Waals surface area contributed by atoms with Crippen LogP contribution in [0, 0.1) is 23.2 Å². The lowest BCUT2D eigenvalue weighted by atomic mass is 9.47. The van der Waals surface area contributed by atoms with Crippen molar-refractivity contribution in [2.24, 2.45) is 23.2 Å². The number of nitrogens with one attached hydrogen (secondary N) is 1. The number of piperazine rings is 1. The normalized spacial score (nSPS) is 26.4. The first-order valence-corrected chi connectivity index (χ1v) is 23.2. The number of carbonyl (C=O) groups excluding carboxylic acids is 2. The number of hydrogen-bond acceptors (Lipinski definition) is 7. The van der Waals surface area contributed by atoms with E-state index in [2.05, 4.69) is 56.4 Å². The molecular formula is C47H55N7O4S. The van der Waals surface area contributed by atoms with E-state index in [9.17, 15) is 18.0 Å². The van der Waals surface area contributed by atoms with Crippen molar-refractivity contribution in [1.29, 1.82) is 0 Å². The summed E-state index contributed by atoms with van der Waals surface area (Å²) < 4.78 is 27.1. The molecule has 59 heavy (non-hydrogen) atoms. The molecule has 3 heterocycles. The van der Waals surface area contributed by atoms with Crippen LogP contribution in [-0.2, 0) is 27.8 Å². The predicted octanol–water partition coefficient (Wildman–Crippen LogP) is 6.83. The lowest BCUT2D eigenvalue weighted by molar-refractivity contribution is -0.138. The molecule has 5 saturated carbocycles. The van der Waals surface area contributed by atoms with E-state index in [-0.39, 0.29) is 28.6 Å². The van der Waals surface area contributed by atoms with Crippen molar-refractivity contribution in [2.45, 2.75) is 69.2 Å². The van der Waals surface area contributed by atoms with E-state index in [1.54, 1.807) is 4.31 Å². The van der Waals surface area contributed by atoms with Gasteiger partial charge in [-0.3, -0.25) is 9.69 Å². The molecular weight excluding hydrogens is 759 g/mol. The molecule has 11 rings (SSSR count). The molecule has 2 unspecified atom stereocenters. The maximum Gasteiger partial charge on any atom is 0.322 e. The van der Waals surface area contributed by atoms with E-state index >= 15 is 0 Å². The van der Waals surface area contributed by atoms with Gasteiger partial charge in [0.05, 0.1) is 34.9 Å². The summed E-state index contributed by atoms with van der Waals surface area (Å²) in [5.41, 5.74) is 5.10. The predicted molar refractivity (Wildman–Crippen MR) is 231 cm³/mol. The summed E-state index contributed by atoms with van der Waals surface area (Å²) in [5, 5.41) is 3.41. The first-order chi connectivity index (χ1) is 28.7. The summed E-state index contributed by atoms with van der Waals surface area (Å²) >= 11 is 0. The standard InChI is InChI=1S/C47H55N7O4S/c55-44(27-34-9-3-1-4-10-34)51(32-35-11-5-2-6-12-35)33-47-28-36-25-37(29-47)45(38(26-36)30-47)49-46(56)54-24-23-53(41-13-7-8-14-42(41)54)43-18-15-39(31-48-43)50-19-21-52(22-20-50)59(57,58)40-16-17-40/h1-15,18,31,36-38,40,45H,16-17,19-30,32-33H2,(H,49,56). The first kappa shape index (κ1) is 38.3. The zero-order valence-electron chi connectivity index (χ0n) is 33.7. The fourth-order valence-corrected chi connectivity index (χ4v) is 13.3. The van der Waals surface area contributed by atoms with Gasteiger partial charge >= 0.3 is 6.03 Å². The number of hydrogen-bond donors (Lipinski definition) is 1. The number of nitrogens with zero attached hydrogens (tertiary/aromatic N) is 6. The Morgan fingerprint density at radius 1 is 0.746 bits per heavy atom. The third kappa shape index (κ3) is 7.70. The molecule has 3 aromatic carbocycles. The minimum absolute atomic E-state index is 0.0292. The summed E-state index contributed by atoms with van der Waals surface area (Å²) in [6.07, 6.45) is 9.39. The Kier molecular flexibility index (Phi) is 10.1. The zero-order valence-corrected chi connectivity index (χ0v) is 34.6. The van der Waals surface area contributed by atoms with Gasteiger partial charge in [0, 0.05) is 58.4 Å². The molecule has 3 amide bonds. The molecule has 1 saturated heterocycles. The number of fused-ring (bicyclic) bond motifs is 1. The number of sulfonamides is 1. The van der Waals surface area contributed by atoms with Gasteiger partial charge < -0.3 is 20.0 Å². The van der Waals surface area contributed by atoms with E-state index < -0.39 is 10.0 Å². The number of anilines is 4. The number of amides is 3. The third-order valence-electron chi connectivity index (χ3n) is 14.2. The molecule has 0 spiro atoms. The second-order valence-electron chi connectivity index (χ2n) is 18.1. The number of para-hydroxylation sites is 2. The minimum atomic E-state index is -3.15. The summed E-state index contributed by atoms with van der Waals surface area (Å²) in [6, 6.07) is 32.8. The van der Waals surface area contributed by atoms with E-state index in [1.165, 1.54) is 0 Å². The Bertz CT molecular complexity index is 2250. The van der Waals surface area contributed by atoms with Crippen LogP contribution in [0.3, 0.4) is 0 Å². The average molecular weight is 814 g/mol. The van der Waals surface area contributed by atoms with Crippen molar-refractivity contribution in [1.82, 2.24) is 19.5 Å². The summed E-state index contributed by atoms with van der Waals surface area (Å²) in [4.78, 5) is 41.7. The van der Waals surface area contributed by atoms with Gasteiger partial charge in [0.15, 0.2) is 0 Å². The second-order valence-corrected chi connectivity index (χ2v) is 20.4. The maximum absolute atomic E-state index is 14.3. The summed E-state index contributed by atoms with van der Waals surface area (Å²) in [6.45, 7) is 4.84. The van der Waals surface area contributed by atoms with Crippen LogP contribution in [0.2, 0.25) is 0 Å². The molecule has 12 heteroatoms. The molecule has 1 aromatic heterocycles. The lowest BCUT2D eigenvalue weighted by Gasteiger charge is -2.61. The van der Waals surface area contributed by atoms with Crippen molar-refractivity contribution in [3.05, 3.63) is 114 Å². The van der Waals surface area contributed by atoms with Crippen LogP contribution in [0.15, 0.2) is 103 Å². The molecule has 0 radical (unpaired) electrons. The van der Waals surface area contributed by atoms with E-state index in [0.717, 1.165) is 85.5 Å². The number of urea groups is 1. The van der Waals surface area contributed by atoms with Crippen molar-refractivity contribution in [2.75, 3.05) is 60.5 Å². The molecule has 7 aliphatic rings. The SMILES string of the molecule is O=C(Cc1ccccc1)N(Cc1ccccc1)CC12CC3CC(C1)C(NC(=O)N1CCN(c4ccc(N5CCN(S(=O)(=O)C6CC6)CC5)cn4)c4ccccc41)C(C3)C2. The van der Waals surface area contributed by atoms with Crippen LogP contribution in [-0.4, -0.2) is 91.7 Å². The number of pyridine rings is 1. The Morgan fingerprint density at radius 3 is 2.07 bits per heavy atom. The fraction of sp³-hybridized carbons (Fsp3) is 0.468. The quantitative estimate of drug-likeness (QED) is 0.177. The smallest absolute Gasteiger partial charge is 0.322 e. The molecule has 5 aliphatic carbocycles. The Labute approximate surface area is 348 Å². The van der Waals surface area contributed by atoms with Gasteiger partial charge in [0.2, 0.25) is 15.9 Å². The molecule has 11 nitrogen and oxygen atoms in total. The fourth-order valence-electron chi connectivity index (χ4n) is 11.5. The number of aromatic nitrogens is 1. The largest absolute Gasteiger partial charge is 0.368 e. The molecule has 1 N–H and O–H groups in total. The van der Waals surface area contributed by atoms with E-state index in [4.69, 9.17) is 4.98 Å². The first-order valence-electron chi connectivity index (χ1n) is 21.7. The minimum Gasteiger partial charge on any atom is -0.368 e. The zero-order chi connectivity index (χ0) is 40.1. The van der Waals surface area contributed by atoms with Gasteiger partial charge in [-0.15, -0.1) is 0 Å². The highest BCUT2D eigenvalue weighted by Crippen LogP contribution is 2.60. The molecule has 6 fully saturated rings. The van der Waals surface area contributed by atoms with Crippen LogP contribution in [0.4, 0.5) is 27.7 Å². The molecule has 4 bridgehead atoms. The van der Waals surface area contributed by atoms with E-state index in [0.29, 0.717) is 70.0 Å². The highest BCUT2D eigenvalue weighted by molar-refractivity contribution is 7.90. The number of benzene rings is 3. The topological polar surface area (TPSA) is 109 Å². The van der Waals surface area contributed by atoms with Crippen LogP contribution in [0.1, 0.15) is 56.1 Å². The Hall–Kier alpha value is -4.94. The summed E-state index contributed by atoms with van der Waals surface area (Å²) in [5.74, 6) is 2.45. The molecule has 2 aliphatic heterocycles. The number of carbonyl (C=O) groups is 2. The third-order valence-corrected chi connectivity index (χ3v) is 16.6. The van der Waals surface area contributed by atoms with Crippen molar-refractivity contribution < 1.29 is 18.0 Å². The second kappa shape index (κ2) is 15.6. The van der Waals surface area contributed by atoms with Crippen molar-refractivity contribution >= 4 is 44.8 Å². The van der Waals surface area contributed by atoms with Crippen LogP contribution in [0.5, 0.6) is 0 Å². The average Bonchev–Trinajstić information content (AvgIpc) is 4.12. The van der Waals surface area contributed by atoms with Crippen LogP contribution in [0.25, 0.3) is 0 Å². The van der Waals surface area contributed by atoms with Gasteiger partial charge in [0.25, 0.3) is 0 Å². The Balaban J connectivity index is 0.801. The Morgan fingerprint density at radius 2 is 1.41 bits per heavy atom. The van der Waals surface area contributed by atoms with Gasteiger partial charge in [-0.05, 0) is 104 Å².